The molecule has 0 saturated carbocycles. The number of pyridine rings is 1. The van der Waals surface area contributed by atoms with E-state index in [0.29, 0.717) is 0 Å². The van der Waals surface area contributed by atoms with E-state index < -0.39 is 10.8 Å². The van der Waals surface area contributed by atoms with Gasteiger partial charge in [-0.25, -0.2) is 4.98 Å². The summed E-state index contributed by atoms with van der Waals surface area (Å²) in [4.78, 5) is 6.57. The largest absolute Gasteiger partial charge is 0.355 e. The van der Waals surface area contributed by atoms with Crippen LogP contribution in [-0.2, 0) is 10.8 Å². The number of aromatic nitrogens is 1. The second-order valence-corrected chi connectivity index (χ2v) is 5.77. The molecule has 2 N–H and O–H groups in total. The van der Waals surface area contributed by atoms with Crippen molar-refractivity contribution in [1.82, 2.24) is 4.98 Å². The van der Waals surface area contributed by atoms with Crippen LogP contribution in [0.2, 0.25) is 0 Å². The smallest absolute Gasteiger partial charge is 0.128 e. The van der Waals surface area contributed by atoms with Crippen molar-refractivity contribution in [3.8, 4) is 0 Å². The predicted octanol–water partition coefficient (Wildman–Crippen LogP) is 0.670. The Morgan fingerprint density at radius 1 is 1.44 bits per heavy atom. The molecule has 88 valence electrons. The van der Waals surface area contributed by atoms with E-state index in [-0.39, 0.29) is 6.04 Å². The first-order valence-corrected chi connectivity index (χ1v) is 6.97. The summed E-state index contributed by atoms with van der Waals surface area (Å²) in [7, 11) is -0.636. The lowest BCUT2D eigenvalue weighted by molar-refractivity contribution is 0.672. The summed E-state index contributed by atoms with van der Waals surface area (Å²) in [5, 5.41) is 0. The average molecular weight is 239 g/mol. The van der Waals surface area contributed by atoms with Crippen LogP contribution in [0.15, 0.2) is 18.3 Å². The molecule has 4 nitrogen and oxygen atoms in total. The highest BCUT2D eigenvalue weighted by Gasteiger charge is 2.16. The molecule has 2 heterocycles. The average Bonchev–Trinajstić information content (AvgIpc) is 2.30. The molecule has 1 aromatic rings. The molecule has 1 saturated heterocycles. The number of nitrogens with zero attached hydrogens (tertiary/aromatic N) is 2. The third kappa shape index (κ3) is 2.59. The molecule has 0 unspecified atom stereocenters. The number of rotatable bonds is 2. The SMILES string of the molecule is C[C@H](N)c1ccc(N2CCS(=O)CC2)nc1. The molecule has 1 aliphatic rings. The van der Waals surface area contributed by atoms with Gasteiger partial charge in [-0.2, -0.15) is 0 Å². The molecule has 1 fully saturated rings. The van der Waals surface area contributed by atoms with Crippen molar-refractivity contribution in [3.63, 3.8) is 0 Å². The van der Waals surface area contributed by atoms with E-state index >= 15 is 0 Å². The lowest BCUT2D eigenvalue weighted by atomic mass is 10.1. The summed E-state index contributed by atoms with van der Waals surface area (Å²) in [6.45, 7) is 3.61. The zero-order chi connectivity index (χ0) is 11.5. The minimum atomic E-state index is -0.636. The van der Waals surface area contributed by atoms with Gasteiger partial charge in [0.25, 0.3) is 0 Å². The second-order valence-electron chi connectivity index (χ2n) is 4.07. The zero-order valence-corrected chi connectivity index (χ0v) is 10.2. The van der Waals surface area contributed by atoms with Crippen LogP contribution in [0.5, 0.6) is 0 Å². The van der Waals surface area contributed by atoms with Crippen LogP contribution in [0.3, 0.4) is 0 Å². The Hall–Kier alpha value is -0.940. The van der Waals surface area contributed by atoms with Crippen LogP contribution in [0.1, 0.15) is 18.5 Å². The van der Waals surface area contributed by atoms with E-state index in [1.54, 1.807) is 0 Å². The molecule has 0 radical (unpaired) electrons. The minimum absolute atomic E-state index is 0.0235. The van der Waals surface area contributed by atoms with Crippen LogP contribution in [0.25, 0.3) is 0 Å². The Balaban J connectivity index is 2.07. The third-order valence-electron chi connectivity index (χ3n) is 2.80. The normalized spacial score (nSPS) is 19.8. The van der Waals surface area contributed by atoms with Gasteiger partial charge in [0.05, 0.1) is 0 Å². The molecule has 1 aliphatic heterocycles. The minimum Gasteiger partial charge on any atom is -0.355 e. The monoisotopic (exact) mass is 239 g/mol. The molecule has 0 amide bonds. The highest BCUT2D eigenvalue weighted by molar-refractivity contribution is 7.85. The Labute approximate surface area is 98.3 Å². The van der Waals surface area contributed by atoms with Gasteiger partial charge in [0, 0.05) is 47.6 Å². The zero-order valence-electron chi connectivity index (χ0n) is 9.43. The molecular weight excluding hydrogens is 222 g/mol. The highest BCUT2D eigenvalue weighted by atomic mass is 32.2. The summed E-state index contributed by atoms with van der Waals surface area (Å²) < 4.78 is 11.2. The van der Waals surface area contributed by atoms with Gasteiger partial charge in [-0.15, -0.1) is 0 Å². The predicted molar refractivity (Wildman–Crippen MR) is 66.9 cm³/mol. The molecule has 5 heteroatoms. The van der Waals surface area contributed by atoms with Gasteiger partial charge < -0.3 is 10.6 Å². The lowest BCUT2D eigenvalue weighted by Crippen LogP contribution is -2.38. The summed E-state index contributed by atoms with van der Waals surface area (Å²) in [5.74, 6) is 2.45. The van der Waals surface area contributed by atoms with E-state index in [1.165, 1.54) is 0 Å². The number of hydrogen-bond donors (Lipinski definition) is 1. The highest BCUT2D eigenvalue weighted by Crippen LogP contribution is 2.16. The molecular formula is C11H17N3OS. The van der Waals surface area contributed by atoms with Gasteiger partial charge in [0.2, 0.25) is 0 Å². The van der Waals surface area contributed by atoms with Crippen LogP contribution in [0, 0.1) is 0 Å². The fraction of sp³-hybridized carbons (Fsp3) is 0.545. The van der Waals surface area contributed by atoms with Gasteiger partial charge in [-0.3, -0.25) is 4.21 Å². The molecule has 0 aromatic carbocycles. The van der Waals surface area contributed by atoms with Gasteiger partial charge in [0.15, 0.2) is 0 Å². The molecule has 1 aromatic heterocycles. The van der Waals surface area contributed by atoms with Gasteiger partial charge in [0.1, 0.15) is 5.82 Å². The van der Waals surface area contributed by atoms with Crippen LogP contribution >= 0.6 is 0 Å². The number of hydrogen-bond acceptors (Lipinski definition) is 4. The molecule has 0 bridgehead atoms. The molecule has 2 rings (SSSR count). The van der Waals surface area contributed by atoms with Crippen molar-refractivity contribution in [2.75, 3.05) is 29.5 Å². The Morgan fingerprint density at radius 3 is 2.62 bits per heavy atom. The fourth-order valence-corrected chi connectivity index (χ4v) is 2.77. The van der Waals surface area contributed by atoms with Crippen LogP contribution in [0.4, 0.5) is 5.82 Å². The molecule has 0 aliphatic carbocycles. The van der Waals surface area contributed by atoms with Crippen molar-refractivity contribution >= 4 is 16.6 Å². The number of anilines is 1. The van der Waals surface area contributed by atoms with E-state index in [9.17, 15) is 4.21 Å². The maximum absolute atomic E-state index is 11.2. The number of nitrogens with two attached hydrogens (primary N) is 1. The summed E-state index contributed by atoms with van der Waals surface area (Å²) in [5.41, 5.74) is 6.81. The first-order valence-electron chi connectivity index (χ1n) is 5.48. The second kappa shape index (κ2) is 4.93. The van der Waals surface area contributed by atoms with E-state index in [2.05, 4.69) is 9.88 Å². The van der Waals surface area contributed by atoms with Crippen molar-refractivity contribution in [2.45, 2.75) is 13.0 Å². The lowest BCUT2D eigenvalue weighted by Gasteiger charge is -2.27. The van der Waals surface area contributed by atoms with Gasteiger partial charge in [-0.1, -0.05) is 6.07 Å². The molecule has 16 heavy (non-hydrogen) atoms. The maximum atomic E-state index is 11.2. The summed E-state index contributed by atoms with van der Waals surface area (Å²) in [6, 6.07) is 4.03. The first kappa shape index (κ1) is 11.5. The van der Waals surface area contributed by atoms with Crippen LogP contribution in [-0.4, -0.2) is 33.8 Å². The van der Waals surface area contributed by atoms with Crippen LogP contribution < -0.4 is 10.6 Å². The van der Waals surface area contributed by atoms with E-state index in [0.717, 1.165) is 36.0 Å². The fourth-order valence-electron chi connectivity index (χ4n) is 1.72. The Morgan fingerprint density at radius 2 is 2.12 bits per heavy atom. The van der Waals surface area contributed by atoms with E-state index in [1.807, 2.05) is 25.3 Å². The molecule has 1 atom stereocenters. The van der Waals surface area contributed by atoms with Crippen molar-refractivity contribution in [1.29, 1.82) is 0 Å². The quantitative estimate of drug-likeness (QED) is 0.824. The third-order valence-corrected chi connectivity index (χ3v) is 4.07. The Bertz CT molecular complexity index is 367. The summed E-state index contributed by atoms with van der Waals surface area (Å²) >= 11 is 0. The Kier molecular flexibility index (Phi) is 3.56. The topological polar surface area (TPSA) is 59.2 Å². The van der Waals surface area contributed by atoms with Crippen molar-refractivity contribution < 1.29 is 4.21 Å². The summed E-state index contributed by atoms with van der Waals surface area (Å²) in [6.07, 6.45) is 1.82. The first-order chi connectivity index (χ1) is 7.66. The molecule has 0 spiro atoms. The van der Waals surface area contributed by atoms with Gasteiger partial charge in [-0.05, 0) is 18.6 Å². The standard InChI is InChI=1S/C11H17N3OS/c1-9(12)10-2-3-11(13-8-10)14-4-6-16(15)7-5-14/h2-3,8-9H,4-7,12H2,1H3/t9-/m0/s1. The maximum Gasteiger partial charge on any atom is 0.128 e. The van der Waals surface area contributed by atoms with Crippen molar-refractivity contribution in [2.24, 2.45) is 5.73 Å². The van der Waals surface area contributed by atoms with Gasteiger partial charge >= 0.3 is 0 Å². The van der Waals surface area contributed by atoms with E-state index in [4.69, 9.17) is 5.73 Å². The van der Waals surface area contributed by atoms with Crippen molar-refractivity contribution in [3.05, 3.63) is 23.9 Å².